The van der Waals surface area contributed by atoms with E-state index in [1.54, 1.807) is 18.2 Å². The Hall–Kier alpha value is -3.68. The third-order valence-electron chi connectivity index (χ3n) is 4.83. The number of carbonyl (C=O) groups excluding carboxylic acids is 4. The molecule has 0 bridgehead atoms. The first kappa shape index (κ1) is 21.5. The zero-order valence-corrected chi connectivity index (χ0v) is 17.8. The Bertz CT molecular complexity index is 1250. The molecule has 0 fully saturated rings. The van der Waals surface area contributed by atoms with Crippen LogP contribution in [0.3, 0.4) is 0 Å². The fourth-order valence-electron chi connectivity index (χ4n) is 3.22. The van der Waals surface area contributed by atoms with Gasteiger partial charge in [-0.25, -0.2) is 9.69 Å². The van der Waals surface area contributed by atoms with Crippen molar-refractivity contribution in [3.8, 4) is 0 Å². The third-order valence-corrected chi connectivity index (χ3v) is 5.55. The number of ketones is 1. The van der Waals surface area contributed by atoms with Crippen LogP contribution in [0.1, 0.15) is 41.4 Å². The van der Waals surface area contributed by atoms with Gasteiger partial charge in [0.25, 0.3) is 11.8 Å². The Balaban J connectivity index is 1.46. The number of anilines is 2. The van der Waals surface area contributed by atoms with Gasteiger partial charge in [0.05, 0.1) is 32.4 Å². The Morgan fingerprint density at radius 2 is 1.44 bits per heavy atom. The van der Waals surface area contributed by atoms with Crippen LogP contribution < -0.4 is 10.6 Å². The summed E-state index contributed by atoms with van der Waals surface area (Å²) in [6.07, 6.45) is 0. The lowest BCUT2D eigenvalue weighted by Crippen LogP contribution is -2.29. The lowest BCUT2D eigenvalue weighted by atomic mass is 10.1. The van der Waals surface area contributed by atoms with Crippen LogP contribution in [0.4, 0.5) is 11.4 Å². The largest absolute Gasteiger partial charge is 0.454 e. The molecule has 0 unspecified atom stereocenters. The topological polar surface area (TPSA) is 107 Å². The number of carbonyl (C=O) groups is 4. The number of imide groups is 1. The molecule has 0 aromatic heterocycles. The van der Waals surface area contributed by atoms with Crippen LogP contribution in [-0.4, -0.2) is 30.2 Å². The molecule has 0 saturated carbocycles. The summed E-state index contributed by atoms with van der Waals surface area (Å²) < 4.78 is 5.06. The standard InChI is InChI=1S/C23H14Cl2N2O5/c24-18-9-16-17(10-19(18)25)22(30)27(21(16)29)15-6-4-12(5-7-15)23(31)32-11-20(28)13-2-1-3-14(26)8-13/h1-10H,11,26H2. The van der Waals surface area contributed by atoms with Gasteiger partial charge in [0.1, 0.15) is 0 Å². The highest BCUT2D eigenvalue weighted by atomic mass is 35.5. The number of rotatable bonds is 5. The van der Waals surface area contributed by atoms with Crippen LogP contribution in [0.25, 0.3) is 0 Å². The van der Waals surface area contributed by atoms with Crippen molar-refractivity contribution in [2.24, 2.45) is 0 Å². The van der Waals surface area contributed by atoms with Crippen LogP contribution in [0.5, 0.6) is 0 Å². The van der Waals surface area contributed by atoms with Crippen LogP contribution in [0.2, 0.25) is 10.0 Å². The van der Waals surface area contributed by atoms with Crippen molar-refractivity contribution in [1.82, 2.24) is 0 Å². The molecular formula is C23H14Cl2N2O5. The molecule has 1 heterocycles. The van der Waals surface area contributed by atoms with Crippen LogP contribution in [-0.2, 0) is 4.74 Å². The van der Waals surface area contributed by atoms with Gasteiger partial charge in [-0.05, 0) is 48.5 Å². The summed E-state index contributed by atoms with van der Waals surface area (Å²) in [7, 11) is 0. The van der Waals surface area contributed by atoms with Crippen molar-refractivity contribution in [1.29, 1.82) is 0 Å². The number of benzene rings is 3. The Kier molecular flexibility index (Phi) is 5.69. The molecule has 0 spiro atoms. The van der Waals surface area contributed by atoms with Gasteiger partial charge in [0.15, 0.2) is 12.4 Å². The summed E-state index contributed by atoms with van der Waals surface area (Å²) in [6, 6.07) is 14.7. The minimum atomic E-state index is -0.727. The molecule has 160 valence electrons. The Morgan fingerprint density at radius 3 is 2.00 bits per heavy atom. The maximum Gasteiger partial charge on any atom is 0.338 e. The number of nitrogen functional groups attached to an aromatic ring is 1. The van der Waals surface area contributed by atoms with Crippen molar-refractivity contribution in [2.45, 2.75) is 0 Å². The first-order chi connectivity index (χ1) is 15.3. The van der Waals surface area contributed by atoms with Gasteiger partial charge in [0.2, 0.25) is 0 Å². The highest BCUT2D eigenvalue weighted by molar-refractivity contribution is 6.44. The van der Waals surface area contributed by atoms with Crippen LogP contribution in [0, 0.1) is 0 Å². The summed E-state index contributed by atoms with van der Waals surface area (Å²) in [5.74, 6) is -2.22. The summed E-state index contributed by atoms with van der Waals surface area (Å²) in [5, 5.41) is 0.332. The number of hydrogen-bond donors (Lipinski definition) is 1. The van der Waals surface area contributed by atoms with Crippen LogP contribution >= 0.6 is 23.2 Å². The van der Waals surface area contributed by atoms with Gasteiger partial charge in [-0.15, -0.1) is 0 Å². The van der Waals surface area contributed by atoms with E-state index in [2.05, 4.69) is 0 Å². The van der Waals surface area contributed by atoms with Crippen molar-refractivity contribution in [2.75, 3.05) is 17.2 Å². The molecule has 1 aliphatic rings. The summed E-state index contributed by atoms with van der Waals surface area (Å²) in [5.41, 5.74) is 7.11. The number of esters is 1. The summed E-state index contributed by atoms with van der Waals surface area (Å²) in [6.45, 7) is -0.454. The minimum absolute atomic E-state index is 0.146. The number of fused-ring (bicyclic) bond motifs is 1. The Morgan fingerprint density at radius 1 is 0.844 bits per heavy atom. The molecule has 3 aromatic carbocycles. The zero-order chi connectivity index (χ0) is 23.0. The molecule has 9 heteroatoms. The van der Waals surface area contributed by atoms with Crippen molar-refractivity contribution in [3.63, 3.8) is 0 Å². The van der Waals surface area contributed by atoms with E-state index in [0.29, 0.717) is 11.3 Å². The number of ether oxygens (including phenoxy) is 1. The molecular weight excluding hydrogens is 455 g/mol. The van der Waals surface area contributed by atoms with Gasteiger partial charge in [-0.1, -0.05) is 35.3 Å². The smallest absolute Gasteiger partial charge is 0.338 e. The second-order valence-corrected chi connectivity index (χ2v) is 7.74. The number of nitrogens with two attached hydrogens (primary N) is 1. The fourth-order valence-corrected chi connectivity index (χ4v) is 3.55. The number of hydrogen-bond acceptors (Lipinski definition) is 6. The molecule has 2 amide bonds. The number of nitrogens with zero attached hydrogens (tertiary/aromatic N) is 1. The van der Waals surface area contributed by atoms with E-state index in [4.69, 9.17) is 33.7 Å². The molecule has 7 nitrogen and oxygen atoms in total. The third kappa shape index (κ3) is 3.95. The van der Waals surface area contributed by atoms with E-state index in [1.165, 1.54) is 42.5 Å². The lowest BCUT2D eigenvalue weighted by molar-refractivity contribution is 0.0475. The van der Waals surface area contributed by atoms with E-state index in [0.717, 1.165) is 4.90 Å². The molecule has 0 aliphatic carbocycles. The van der Waals surface area contributed by atoms with E-state index < -0.39 is 30.2 Å². The molecule has 32 heavy (non-hydrogen) atoms. The van der Waals surface area contributed by atoms with E-state index in [1.807, 2.05) is 0 Å². The molecule has 0 radical (unpaired) electrons. The fraction of sp³-hybridized carbons (Fsp3) is 0.0435. The predicted octanol–water partition coefficient (Wildman–Crippen LogP) is 4.42. The highest BCUT2D eigenvalue weighted by Crippen LogP contribution is 2.34. The van der Waals surface area contributed by atoms with E-state index in [9.17, 15) is 19.2 Å². The number of halogens is 2. The van der Waals surface area contributed by atoms with E-state index in [-0.39, 0.29) is 32.4 Å². The van der Waals surface area contributed by atoms with Gasteiger partial charge in [0, 0.05) is 11.3 Å². The summed E-state index contributed by atoms with van der Waals surface area (Å²) >= 11 is 11.9. The van der Waals surface area contributed by atoms with Crippen molar-refractivity contribution < 1.29 is 23.9 Å². The summed E-state index contributed by atoms with van der Waals surface area (Å²) in [4.78, 5) is 50.8. The van der Waals surface area contributed by atoms with Crippen LogP contribution in [0.15, 0.2) is 60.7 Å². The number of Topliss-reactive ketones (excluding diaryl/α,β-unsaturated/α-hetero) is 1. The quantitative estimate of drug-likeness (QED) is 0.257. The SMILES string of the molecule is Nc1cccc(C(=O)COC(=O)c2ccc(N3C(=O)c4cc(Cl)c(Cl)cc4C3=O)cc2)c1. The second kappa shape index (κ2) is 8.45. The van der Waals surface area contributed by atoms with Gasteiger partial charge < -0.3 is 10.5 Å². The van der Waals surface area contributed by atoms with E-state index >= 15 is 0 Å². The molecule has 0 atom stereocenters. The van der Waals surface area contributed by atoms with Gasteiger partial charge in [-0.2, -0.15) is 0 Å². The van der Waals surface area contributed by atoms with Crippen molar-refractivity contribution >= 4 is 58.1 Å². The first-order valence-corrected chi connectivity index (χ1v) is 10.1. The lowest BCUT2D eigenvalue weighted by Gasteiger charge is -2.14. The molecule has 0 saturated heterocycles. The molecule has 3 aromatic rings. The second-order valence-electron chi connectivity index (χ2n) is 6.93. The normalized spacial score (nSPS) is 12.6. The highest BCUT2D eigenvalue weighted by Gasteiger charge is 2.37. The monoisotopic (exact) mass is 468 g/mol. The van der Waals surface area contributed by atoms with Gasteiger partial charge in [-0.3, -0.25) is 14.4 Å². The minimum Gasteiger partial charge on any atom is -0.454 e. The van der Waals surface area contributed by atoms with Crippen molar-refractivity contribution in [3.05, 3.63) is 93.0 Å². The first-order valence-electron chi connectivity index (χ1n) is 9.30. The molecule has 2 N–H and O–H groups in total. The maximum atomic E-state index is 12.7. The zero-order valence-electron chi connectivity index (χ0n) is 16.3. The average molecular weight is 469 g/mol. The number of amides is 2. The average Bonchev–Trinajstić information content (AvgIpc) is 3.01. The Labute approximate surface area is 192 Å². The van der Waals surface area contributed by atoms with Gasteiger partial charge >= 0.3 is 5.97 Å². The maximum absolute atomic E-state index is 12.7. The predicted molar refractivity (Wildman–Crippen MR) is 120 cm³/mol. The molecule has 4 rings (SSSR count). The molecule has 1 aliphatic heterocycles.